The van der Waals surface area contributed by atoms with E-state index in [1.165, 1.54) is 0 Å². The fourth-order valence-electron chi connectivity index (χ4n) is 1.98. The van der Waals surface area contributed by atoms with Crippen molar-refractivity contribution in [3.8, 4) is 0 Å². The number of halogens is 1. The normalized spacial score (nSPS) is 18.1. The first-order valence-electron chi connectivity index (χ1n) is 5.64. The summed E-state index contributed by atoms with van der Waals surface area (Å²) in [5.41, 5.74) is 0. The van der Waals surface area contributed by atoms with Gasteiger partial charge in [-0.1, -0.05) is 11.6 Å². The van der Waals surface area contributed by atoms with Crippen molar-refractivity contribution < 1.29 is 0 Å². The molecule has 0 spiro atoms. The van der Waals surface area contributed by atoms with Crippen molar-refractivity contribution >= 4 is 17.4 Å². The lowest BCUT2D eigenvalue weighted by atomic mass is 10.2. The molecule has 4 nitrogen and oxygen atoms in total. The molecule has 0 radical (unpaired) electrons. The van der Waals surface area contributed by atoms with Gasteiger partial charge in [-0.15, -0.1) is 0 Å². The van der Waals surface area contributed by atoms with Crippen LogP contribution in [0.3, 0.4) is 0 Å². The summed E-state index contributed by atoms with van der Waals surface area (Å²) < 4.78 is 0. The maximum absolute atomic E-state index is 6.03. The summed E-state index contributed by atoms with van der Waals surface area (Å²) in [6.07, 6.45) is 3.31. The summed E-state index contributed by atoms with van der Waals surface area (Å²) in [5, 5.41) is 0.500. The van der Waals surface area contributed by atoms with E-state index in [0.717, 1.165) is 32.0 Å². The Kier molecular flexibility index (Phi) is 3.61. The third-order valence-electron chi connectivity index (χ3n) is 2.98. The highest BCUT2D eigenvalue weighted by molar-refractivity contribution is 6.31. The summed E-state index contributed by atoms with van der Waals surface area (Å²) in [4.78, 5) is 13.0. The van der Waals surface area contributed by atoms with Crippen LogP contribution in [0.4, 0.5) is 5.82 Å². The van der Waals surface area contributed by atoms with Gasteiger partial charge in [0.15, 0.2) is 11.0 Å². The molecule has 88 valence electrons. The molecular formula is C11H17ClN4. The summed E-state index contributed by atoms with van der Waals surface area (Å²) in [6.45, 7) is 8.51. The van der Waals surface area contributed by atoms with Gasteiger partial charge >= 0.3 is 0 Å². The smallest absolute Gasteiger partial charge is 0.171 e. The van der Waals surface area contributed by atoms with Gasteiger partial charge < -0.3 is 4.90 Å². The number of piperazine rings is 1. The van der Waals surface area contributed by atoms with Crippen molar-refractivity contribution in [1.82, 2.24) is 14.9 Å². The van der Waals surface area contributed by atoms with Crippen molar-refractivity contribution in [2.24, 2.45) is 0 Å². The molecular weight excluding hydrogens is 224 g/mol. The van der Waals surface area contributed by atoms with E-state index >= 15 is 0 Å². The second kappa shape index (κ2) is 4.97. The van der Waals surface area contributed by atoms with Crippen molar-refractivity contribution in [3.63, 3.8) is 0 Å². The second-order valence-corrected chi connectivity index (χ2v) is 4.65. The molecule has 2 heterocycles. The summed E-state index contributed by atoms with van der Waals surface area (Å²) in [5.74, 6) is 0.813. The van der Waals surface area contributed by atoms with Crippen LogP contribution in [0.1, 0.15) is 13.8 Å². The Morgan fingerprint density at radius 2 is 1.75 bits per heavy atom. The van der Waals surface area contributed by atoms with Crippen LogP contribution in [0.25, 0.3) is 0 Å². The maximum atomic E-state index is 6.03. The lowest BCUT2D eigenvalue weighted by Gasteiger charge is -2.37. The molecule has 2 rings (SSSR count). The predicted molar refractivity (Wildman–Crippen MR) is 66.0 cm³/mol. The first-order valence-corrected chi connectivity index (χ1v) is 6.02. The highest BCUT2D eigenvalue weighted by Gasteiger charge is 2.21. The van der Waals surface area contributed by atoms with Gasteiger partial charge in [0.05, 0.1) is 0 Å². The monoisotopic (exact) mass is 240 g/mol. The zero-order chi connectivity index (χ0) is 11.5. The van der Waals surface area contributed by atoms with Crippen molar-refractivity contribution in [2.75, 3.05) is 31.1 Å². The van der Waals surface area contributed by atoms with Crippen LogP contribution in [-0.2, 0) is 0 Å². The first kappa shape index (κ1) is 11.6. The number of hydrogen-bond acceptors (Lipinski definition) is 4. The molecule has 1 saturated heterocycles. The molecule has 0 bridgehead atoms. The Bertz CT molecular complexity index is 348. The van der Waals surface area contributed by atoms with E-state index in [4.69, 9.17) is 11.6 Å². The van der Waals surface area contributed by atoms with Gasteiger partial charge in [-0.2, -0.15) is 0 Å². The molecule has 0 aromatic carbocycles. The molecule has 16 heavy (non-hydrogen) atoms. The molecule has 5 heteroatoms. The Morgan fingerprint density at radius 1 is 1.12 bits per heavy atom. The van der Waals surface area contributed by atoms with Crippen LogP contribution >= 0.6 is 11.6 Å². The average Bonchev–Trinajstić information content (AvgIpc) is 2.30. The number of anilines is 1. The van der Waals surface area contributed by atoms with Crippen LogP contribution in [0.5, 0.6) is 0 Å². The summed E-state index contributed by atoms with van der Waals surface area (Å²) >= 11 is 6.03. The molecule has 1 aliphatic rings. The fourth-order valence-corrected chi connectivity index (χ4v) is 2.20. The van der Waals surface area contributed by atoms with Crippen LogP contribution in [-0.4, -0.2) is 47.1 Å². The van der Waals surface area contributed by atoms with E-state index in [1.54, 1.807) is 12.4 Å². The molecule has 0 unspecified atom stereocenters. The van der Waals surface area contributed by atoms with E-state index in [0.29, 0.717) is 11.2 Å². The summed E-state index contributed by atoms with van der Waals surface area (Å²) in [6, 6.07) is 0.611. The van der Waals surface area contributed by atoms with E-state index in [-0.39, 0.29) is 0 Å². The Hall–Kier alpha value is -0.870. The number of rotatable bonds is 2. The quantitative estimate of drug-likeness (QED) is 0.787. The highest BCUT2D eigenvalue weighted by atomic mass is 35.5. The second-order valence-electron chi connectivity index (χ2n) is 4.29. The predicted octanol–water partition coefficient (Wildman–Crippen LogP) is 1.66. The maximum Gasteiger partial charge on any atom is 0.171 e. The Morgan fingerprint density at radius 3 is 2.31 bits per heavy atom. The van der Waals surface area contributed by atoms with Gasteiger partial charge in [-0.3, -0.25) is 4.90 Å². The molecule has 1 aromatic rings. The van der Waals surface area contributed by atoms with Crippen LogP contribution < -0.4 is 4.90 Å². The van der Waals surface area contributed by atoms with Gasteiger partial charge in [-0.05, 0) is 13.8 Å². The number of aromatic nitrogens is 2. The summed E-state index contributed by atoms with van der Waals surface area (Å²) in [7, 11) is 0. The minimum absolute atomic E-state index is 0.500. The molecule has 1 aromatic heterocycles. The number of nitrogens with zero attached hydrogens (tertiary/aromatic N) is 4. The molecule has 1 aliphatic heterocycles. The van der Waals surface area contributed by atoms with Gasteiger partial charge in [0.1, 0.15) is 0 Å². The topological polar surface area (TPSA) is 32.3 Å². The Balaban J connectivity index is 2.02. The van der Waals surface area contributed by atoms with Crippen molar-refractivity contribution in [1.29, 1.82) is 0 Å². The third kappa shape index (κ3) is 2.44. The van der Waals surface area contributed by atoms with E-state index < -0.39 is 0 Å². The largest absolute Gasteiger partial charge is 0.351 e. The highest BCUT2D eigenvalue weighted by Crippen LogP contribution is 2.21. The van der Waals surface area contributed by atoms with E-state index in [9.17, 15) is 0 Å². The molecule has 0 N–H and O–H groups in total. The lowest BCUT2D eigenvalue weighted by molar-refractivity contribution is 0.209. The molecule has 0 amide bonds. The SMILES string of the molecule is CC(C)N1CCN(c2nccnc2Cl)CC1. The van der Waals surface area contributed by atoms with E-state index in [2.05, 4.69) is 33.6 Å². The molecule has 0 saturated carbocycles. The lowest BCUT2D eigenvalue weighted by Crippen LogP contribution is -2.49. The van der Waals surface area contributed by atoms with Gasteiger partial charge in [0.2, 0.25) is 0 Å². The first-order chi connectivity index (χ1) is 7.68. The minimum Gasteiger partial charge on any atom is -0.351 e. The zero-order valence-corrected chi connectivity index (χ0v) is 10.5. The number of hydrogen-bond donors (Lipinski definition) is 0. The van der Waals surface area contributed by atoms with Crippen LogP contribution in [0.2, 0.25) is 5.15 Å². The molecule has 1 fully saturated rings. The standard InChI is InChI=1S/C11H17ClN4/c1-9(2)15-5-7-16(8-6-15)11-10(12)13-3-4-14-11/h3-4,9H,5-8H2,1-2H3. The average molecular weight is 241 g/mol. The molecule has 0 atom stereocenters. The van der Waals surface area contributed by atoms with Crippen molar-refractivity contribution in [2.45, 2.75) is 19.9 Å². The third-order valence-corrected chi connectivity index (χ3v) is 3.25. The fraction of sp³-hybridized carbons (Fsp3) is 0.636. The van der Waals surface area contributed by atoms with E-state index in [1.807, 2.05) is 0 Å². The Labute approximate surface area is 101 Å². The van der Waals surface area contributed by atoms with Gasteiger partial charge in [-0.25, -0.2) is 9.97 Å². The zero-order valence-electron chi connectivity index (χ0n) is 9.73. The van der Waals surface area contributed by atoms with Gasteiger partial charge in [0.25, 0.3) is 0 Å². The minimum atomic E-state index is 0.500. The van der Waals surface area contributed by atoms with Crippen LogP contribution in [0, 0.1) is 0 Å². The van der Waals surface area contributed by atoms with Crippen LogP contribution in [0.15, 0.2) is 12.4 Å². The van der Waals surface area contributed by atoms with Gasteiger partial charge in [0, 0.05) is 44.6 Å². The van der Waals surface area contributed by atoms with Crippen molar-refractivity contribution in [3.05, 3.63) is 17.5 Å². The molecule has 0 aliphatic carbocycles.